The van der Waals surface area contributed by atoms with Gasteiger partial charge in [-0.25, -0.2) is 0 Å². The first-order chi connectivity index (χ1) is 12.1. The molecule has 0 aliphatic heterocycles. The van der Waals surface area contributed by atoms with E-state index < -0.39 is 11.8 Å². The monoisotopic (exact) mass is 334 g/mol. The fourth-order valence-electron chi connectivity index (χ4n) is 2.13. The predicted molar refractivity (Wildman–Crippen MR) is 91.2 cm³/mol. The van der Waals surface area contributed by atoms with Crippen LogP contribution in [0, 0.1) is 0 Å². The number of aromatic nitrogens is 2. The predicted octanol–water partition coefficient (Wildman–Crippen LogP) is 1.31. The van der Waals surface area contributed by atoms with Crippen LogP contribution < -0.4 is 16.4 Å². The Labute approximate surface area is 142 Å². The van der Waals surface area contributed by atoms with Crippen LogP contribution in [-0.2, 0) is 0 Å². The van der Waals surface area contributed by atoms with Gasteiger partial charge in [0.2, 0.25) is 0 Å². The molecule has 0 saturated heterocycles. The molecule has 0 unspecified atom stereocenters. The highest BCUT2D eigenvalue weighted by atomic mass is 16.2. The summed E-state index contributed by atoms with van der Waals surface area (Å²) in [5.74, 6) is -1.08. The first kappa shape index (κ1) is 16.1. The summed E-state index contributed by atoms with van der Waals surface area (Å²) in [5, 5.41) is 4.03. The molecule has 3 aromatic rings. The van der Waals surface area contributed by atoms with E-state index in [9.17, 15) is 14.4 Å². The van der Waals surface area contributed by atoms with Crippen molar-refractivity contribution < 1.29 is 9.59 Å². The standard InChI is InChI=1S/C18H14N4O3/c23-16-12-11-15(21-22(16)14-9-5-2-6-10-14)18(25)20-19-17(24)13-7-3-1-4-8-13/h1-12H,(H,19,24)(H,20,25). The van der Waals surface area contributed by atoms with E-state index in [2.05, 4.69) is 16.0 Å². The number of hydrogen-bond acceptors (Lipinski definition) is 4. The van der Waals surface area contributed by atoms with Crippen LogP contribution in [0.5, 0.6) is 0 Å². The molecule has 0 aliphatic carbocycles. The molecule has 7 heteroatoms. The number of carbonyl (C=O) groups excluding carboxylic acids is 2. The molecule has 0 atom stereocenters. The Bertz CT molecular complexity index is 953. The van der Waals surface area contributed by atoms with Gasteiger partial charge in [-0.05, 0) is 30.3 Å². The summed E-state index contributed by atoms with van der Waals surface area (Å²) < 4.78 is 1.12. The lowest BCUT2D eigenvalue weighted by Gasteiger charge is -2.09. The Morgan fingerprint density at radius 3 is 2.04 bits per heavy atom. The van der Waals surface area contributed by atoms with Gasteiger partial charge < -0.3 is 0 Å². The molecule has 2 aromatic carbocycles. The molecule has 1 heterocycles. The van der Waals surface area contributed by atoms with Crippen LogP contribution in [0.4, 0.5) is 0 Å². The second-order valence-electron chi connectivity index (χ2n) is 5.08. The number of hydrazine groups is 1. The van der Waals surface area contributed by atoms with E-state index in [1.165, 1.54) is 12.1 Å². The van der Waals surface area contributed by atoms with Gasteiger partial charge in [0.05, 0.1) is 5.69 Å². The lowest BCUT2D eigenvalue weighted by Crippen LogP contribution is -2.42. The summed E-state index contributed by atoms with van der Waals surface area (Å²) >= 11 is 0. The summed E-state index contributed by atoms with van der Waals surface area (Å²) in [6.45, 7) is 0. The molecule has 0 spiro atoms. The van der Waals surface area contributed by atoms with Gasteiger partial charge in [0.15, 0.2) is 5.69 Å². The smallest absolute Gasteiger partial charge is 0.267 e. The number of benzene rings is 2. The zero-order valence-corrected chi connectivity index (χ0v) is 13.0. The normalized spacial score (nSPS) is 10.1. The van der Waals surface area contributed by atoms with Gasteiger partial charge in [0.25, 0.3) is 17.4 Å². The third kappa shape index (κ3) is 3.78. The van der Waals surface area contributed by atoms with Crippen LogP contribution in [0.15, 0.2) is 77.6 Å². The fraction of sp³-hybridized carbons (Fsp3) is 0. The topological polar surface area (TPSA) is 93.1 Å². The molecule has 1 aromatic heterocycles. The first-order valence-corrected chi connectivity index (χ1v) is 7.47. The van der Waals surface area contributed by atoms with E-state index in [1.807, 2.05) is 6.07 Å². The molecule has 124 valence electrons. The number of nitrogens with zero attached hydrogens (tertiary/aromatic N) is 2. The Kier molecular flexibility index (Phi) is 4.66. The van der Waals surface area contributed by atoms with Crippen molar-refractivity contribution in [3.05, 3.63) is 94.4 Å². The number of para-hydroxylation sites is 1. The number of rotatable bonds is 3. The van der Waals surface area contributed by atoms with Crippen LogP contribution >= 0.6 is 0 Å². The zero-order valence-electron chi connectivity index (χ0n) is 13.0. The van der Waals surface area contributed by atoms with Gasteiger partial charge in [-0.15, -0.1) is 0 Å². The van der Waals surface area contributed by atoms with Crippen LogP contribution in [-0.4, -0.2) is 21.6 Å². The second-order valence-corrected chi connectivity index (χ2v) is 5.08. The lowest BCUT2D eigenvalue weighted by molar-refractivity contribution is 0.0843. The Balaban J connectivity index is 1.75. The van der Waals surface area contributed by atoms with Crippen molar-refractivity contribution in [3.8, 4) is 5.69 Å². The third-order valence-corrected chi connectivity index (χ3v) is 3.36. The van der Waals surface area contributed by atoms with Crippen LogP contribution in [0.1, 0.15) is 20.8 Å². The number of nitrogens with one attached hydrogen (secondary N) is 2. The van der Waals surface area contributed by atoms with Gasteiger partial charge in [-0.1, -0.05) is 36.4 Å². The summed E-state index contributed by atoms with van der Waals surface area (Å²) in [7, 11) is 0. The van der Waals surface area contributed by atoms with Gasteiger partial charge in [0, 0.05) is 11.6 Å². The quantitative estimate of drug-likeness (QED) is 0.706. The Morgan fingerprint density at radius 2 is 1.36 bits per heavy atom. The minimum atomic E-state index is -0.631. The lowest BCUT2D eigenvalue weighted by atomic mass is 10.2. The van der Waals surface area contributed by atoms with Crippen LogP contribution in [0.3, 0.4) is 0 Å². The molecular formula is C18H14N4O3. The molecule has 7 nitrogen and oxygen atoms in total. The molecule has 2 N–H and O–H groups in total. The molecular weight excluding hydrogens is 320 g/mol. The molecule has 0 fully saturated rings. The van der Waals surface area contributed by atoms with Gasteiger partial charge in [0.1, 0.15) is 0 Å². The van der Waals surface area contributed by atoms with Crippen molar-refractivity contribution in [2.75, 3.05) is 0 Å². The minimum Gasteiger partial charge on any atom is -0.267 e. The van der Waals surface area contributed by atoms with E-state index in [4.69, 9.17) is 0 Å². The molecule has 3 rings (SSSR count). The van der Waals surface area contributed by atoms with E-state index in [1.54, 1.807) is 54.6 Å². The second kappa shape index (κ2) is 7.22. The summed E-state index contributed by atoms with van der Waals surface area (Å²) in [6, 6.07) is 19.7. The summed E-state index contributed by atoms with van der Waals surface area (Å²) in [6.07, 6.45) is 0. The maximum atomic E-state index is 12.2. The van der Waals surface area contributed by atoms with Crippen molar-refractivity contribution >= 4 is 11.8 Å². The zero-order chi connectivity index (χ0) is 17.6. The largest absolute Gasteiger partial charge is 0.290 e. The highest BCUT2D eigenvalue weighted by molar-refractivity contribution is 5.98. The molecule has 2 amide bonds. The molecule has 0 bridgehead atoms. The summed E-state index contributed by atoms with van der Waals surface area (Å²) in [5.41, 5.74) is 5.16. The van der Waals surface area contributed by atoms with Gasteiger partial charge >= 0.3 is 0 Å². The van der Waals surface area contributed by atoms with Gasteiger partial charge in [-0.3, -0.25) is 25.2 Å². The number of hydrogen-bond donors (Lipinski definition) is 2. The Hall–Kier alpha value is -3.74. The molecule has 0 aliphatic rings. The van der Waals surface area contributed by atoms with Crippen LogP contribution in [0.25, 0.3) is 5.69 Å². The van der Waals surface area contributed by atoms with Crippen molar-refractivity contribution in [1.82, 2.24) is 20.6 Å². The maximum Gasteiger partial charge on any atom is 0.290 e. The minimum absolute atomic E-state index is 0.00295. The Morgan fingerprint density at radius 1 is 0.760 bits per heavy atom. The maximum absolute atomic E-state index is 12.2. The molecule has 25 heavy (non-hydrogen) atoms. The SMILES string of the molecule is O=C(NNC(=O)c1ccc(=O)n(-c2ccccc2)n1)c1ccccc1. The van der Waals surface area contributed by atoms with Crippen molar-refractivity contribution in [2.45, 2.75) is 0 Å². The van der Waals surface area contributed by atoms with Crippen molar-refractivity contribution in [2.24, 2.45) is 0 Å². The van der Waals surface area contributed by atoms with Crippen molar-refractivity contribution in [3.63, 3.8) is 0 Å². The average Bonchev–Trinajstić information content (AvgIpc) is 2.67. The molecule has 0 saturated carbocycles. The fourth-order valence-corrected chi connectivity index (χ4v) is 2.13. The van der Waals surface area contributed by atoms with E-state index in [-0.39, 0.29) is 11.3 Å². The van der Waals surface area contributed by atoms with E-state index >= 15 is 0 Å². The first-order valence-electron chi connectivity index (χ1n) is 7.47. The highest BCUT2D eigenvalue weighted by Crippen LogP contribution is 2.03. The highest BCUT2D eigenvalue weighted by Gasteiger charge is 2.12. The number of carbonyl (C=O) groups is 2. The molecule has 0 radical (unpaired) electrons. The van der Waals surface area contributed by atoms with Crippen molar-refractivity contribution in [1.29, 1.82) is 0 Å². The van der Waals surface area contributed by atoms with E-state index in [0.29, 0.717) is 11.3 Å². The average molecular weight is 334 g/mol. The van der Waals surface area contributed by atoms with Gasteiger partial charge in [-0.2, -0.15) is 9.78 Å². The van der Waals surface area contributed by atoms with Crippen LogP contribution in [0.2, 0.25) is 0 Å². The number of amides is 2. The van der Waals surface area contributed by atoms with E-state index in [0.717, 1.165) is 4.68 Å². The summed E-state index contributed by atoms with van der Waals surface area (Å²) in [4.78, 5) is 36.0. The third-order valence-electron chi connectivity index (χ3n) is 3.36.